The first kappa shape index (κ1) is 19.3. The molecular weight excluding hydrogens is 433 g/mol. The van der Waals surface area contributed by atoms with E-state index < -0.39 is 21.9 Å². The summed E-state index contributed by atoms with van der Waals surface area (Å²) in [7, 11) is -4.11. The summed E-state index contributed by atoms with van der Waals surface area (Å²) in [5.74, 6) is -0.167. The van der Waals surface area contributed by atoms with Crippen LogP contribution >= 0.6 is 11.6 Å². The summed E-state index contributed by atoms with van der Waals surface area (Å²) in [5, 5.41) is 3.96. The molecule has 0 bridgehead atoms. The first-order chi connectivity index (χ1) is 13.6. The zero-order valence-corrected chi connectivity index (χ0v) is 15.8. The van der Waals surface area contributed by atoms with E-state index in [0.717, 1.165) is 24.3 Å². The number of alkyl halides is 3. The van der Waals surface area contributed by atoms with E-state index in [1.165, 1.54) is 16.8 Å². The molecule has 29 heavy (non-hydrogen) atoms. The molecule has 0 radical (unpaired) electrons. The fraction of sp³-hybridized carbons (Fsp3) is 0.0588. The fourth-order valence-electron chi connectivity index (χ4n) is 2.65. The summed E-state index contributed by atoms with van der Waals surface area (Å²) in [4.78, 5) is 6.79. The molecule has 0 aliphatic heterocycles. The van der Waals surface area contributed by atoms with Gasteiger partial charge in [-0.25, -0.2) is 18.1 Å². The van der Waals surface area contributed by atoms with Crippen LogP contribution in [0.5, 0.6) is 5.75 Å². The average Bonchev–Trinajstić information content (AvgIpc) is 3.29. The Morgan fingerprint density at radius 3 is 2.48 bits per heavy atom. The van der Waals surface area contributed by atoms with Gasteiger partial charge in [-0.2, -0.15) is 5.10 Å². The number of hydrogen-bond acceptors (Lipinski definition) is 5. The molecule has 4 aromatic rings. The molecule has 0 unspecified atom stereocenters. The van der Waals surface area contributed by atoms with Crippen molar-refractivity contribution >= 4 is 32.5 Å². The highest BCUT2D eigenvalue weighted by Gasteiger charge is 2.31. The van der Waals surface area contributed by atoms with Crippen LogP contribution in [0.25, 0.3) is 17.0 Å². The van der Waals surface area contributed by atoms with Gasteiger partial charge in [0.05, 0.1) is 25.8 Å². The van der Waals surface area contributed by atoms with Crippen molar-refractivity contribution in [2.45, 2.75) is 16.2 Å². The molecule has 0 atom stereocenters. The molecule has 2 heterocycles. The number of halogens is 4. The zero-order chi connectivity index (χ0) is 20.8. The van der Waals surface area contributed by atoms with Crippen molar-refractivity contribution in [3.63, 3.8) is 0 Å². The Hall–Kier alpha value is -3.05. The number of H-pyrrole nitrogens is 1. The van der Waals surface area contributed by atoms with Gasteiger partial charge in [-0.15, -0.1) is 13.2 Å². The van der Waals surface area contributed by atoms with E-state index in [2.05, 4.69) is 19.8 Å². The number of aromatic nitrogens is 4. The molecular formula is C17H10ClF3N4O3S. The fourth-order valence-corrected chi connectivity index (χ4v) is 4.45. The van der Waals surface area contributed by atoms with Gasteiger partial charge < -0.3 is 9.72 Å². The van der Waals surface area contributed by atoms with Crippen LogP contribution in [-0.4, -0.2) is 34.5 Å². The number of nitrogens with one attached hydrogen (secondary N) is 1. The summed E-state index contributed by atoms with van der Waals surface area (Å²) >= 11 is 6.16. The van der Waals surface area contributed by atoms with Crippen LogP contribution in [0.3, 0.4) is 0 Å². The normalized spacial score (nSPS) is 12.4. The molecule has 2 aromatic carbocycles. The second-order valence-electron chi connectivity index (χ2n) is 5.83. The average molecular weight is 443 g/mol. The third kappa shape index (κ3) is 3.78. The van der Waals surface area contributed by atoms with Gasteiger partial charge in [-0.05, 0) is 42.5 Å². The molecule has 0 spiro atoms. The molecule has 0 amide bonds. The Morgan fingerprint density at radius 1 is 1.14 bits per heavy atom. The summed E-state index contributed by atoms with van der Waals surface area (Å²) in [5.41, 5.74) is 0.823. The molecule has 12 heteroatoms. The quantitative estimate of drug-likeness (QED) is 0.513. The molecule has 0 aliphatic rings. The SMILES string of the molecule is O=S(=O)(c1ccc(OC(F)(F)F)cc1)c1cc2[nH]c(-n3cccn3)nc2cc1Cl. The van der Waals surface area contributed by atoms with Gasteiger partial charge in [0.2, 0.25) is 15.8 Å². The molecule has 0 aliphatic carbocycles. The lowest BCUT2D eigenvalue weighted by atomic mass is 10.3. The number of fused-ring (bicyclic) bond motifs is 1. The standard InChI is InChI=1S/C17H10ClF3N4O3S/c18-12-8-13-14(24-16(23-13)25-7-1-6-22-25)9-15(12)29(26,27)11-4-2-10(3-5-11)28-17(19,20)21/h1-9H,(H,23,24). The minimum Gasteiger partial charge on any atom is -0.406 e. The Balaban J connectivity index is 1.73. The number of sulfone groups is 1. The highest BCUT2D eigenvalue weighted by Crippen LogP contribution is 2.32. The van der Waals surface area contributed by atoms with Gasteiger partial charge in [-0.3, -0.25) is 0 Å². The zero-order valence-electron chi connectivity index (χ0n) is 14.2. The van der Waals surface area contributed by atoms with E-state index in [4.69, 9.17) is 11.6 Å². The second-order valence-corrected chi connectivity index (χ2v) is 8.16. The van der Waals surface area contributed by atoms with Gasteiger partial charge in [-0.1, -0.05) is 11.6 Å². The minimum absolute atomic E-state index is 0.0772. The van der Waals surface area contributed by atoms with Crippen molar-refractivity contribution in [3.8, 4) is 11.7 Å². The van der Waals surface area contributed by atoms with Gasteiger partial charge in [0.1, 0.15) is 5.75 Å². The maximum Gasteiger partial charge on any atom is 0.573 e. The van der Waals surface area contributed by atoms with Crippen LogP contribution in [-0.2, 0) is 9.84 Å². The lowest BCUT2D eigenvalue weighted by molar-refractivity contribution is -0.274. The van der Waals surface area contributed by atoms with Gasteiger partial charge in [0.15, 0.2) is 0 Å². The van der Waals surface area contributed by atoms with Crippen LogP contribution in [0.2, 0.25) is 5.02 Å². The number of benzene rings is 2. The van der Waals surface area contributed by atoms with Crippen molar-refractivity contribution in [2.24, 2.45) is 0 Å². The number of ether oxygens (including phenoxy) is 1. The van der Waals surface area contributed by atoms with Gasteiger partial charge >= 0.3 is 6.36 Å². The minimum atomic E-state index is -4.87. The Bertz CT molecular complexity index is 1280. The number of rotatable bonds is 4. The maximum atomic E-state index is 12.9. The lowest BCUT2D eigenvalue weighted by Gasteiger charge is -2.10. The number of hydrogen-bond donors (Lipinski definition) is 1. The van der Waals surface area contributed by atoms with Crippen molar-refractivity contribution in [1.29, 1.82) is 0 Å². The van der Waals surface area contributed by atoms with Crippen molar-refractivity contribution in [1.82, 2.24) is 19.7 Å². The monoisotopic (exact) mass is 442 g/mol. The van der Waals surface area contributed by atoms with E-state index in [1.54, 1.807) is 18.5 Å². The molecule has 0 saturated carbocycles. The van der Waals surface area contributed by atoms with E-state index in [9.17, 15) is 21.6 Å². The molecule has 4 rings (SSSR count). The molecule has 2 aromatic heterocycles. The molecule has 0 saturated heterocycles. The smallest absolute Gasteiger partial charge is 0.406 e. The van der Waals surface area contributed by atoms with E-state index in [0.29, 0.717) is 17.0 Å². The summed E-state index contributed by atoms with van der Waals surface area (Å²) in [6, 6.07) is 8.25. The summed E-state index contributed by atoms with van der Waals surface area (Å²) in [6.07, 6.45) is -1.66. The predicted molar refractivity (Wildman–Crippen MR) is 96.8 cm³/mol. The third-order valence-corrected chi connectivity index (χ3v) is 6.14. The Labute approximate surface area is 166 Å². The summed E-state index contributed by atoms with van der Waals surface area (Å²) < 4.78 is 67.9. The van der Waals surface area contributed by atoms with Crippen molar-refractivity contribution < 1.29 is 26.3 Å². The molecule has 1 N–H and O–H groups in total. The van der Waals surface area contributed by atoms with Crippen LogP contribution < -0.4 is 4.74 Å². The first-order valence-electron chi connectivity index (χ1n) is 7.94. The largest absolute Gasteiger partial charge is 0.573 e. The lowest BCUT2D eigenvalue weighted by Crippen LogP contribution is -2.17. The van der Waals surface area contributed by atoms with Crippen LogP contribution in [0.15, 0.2) is 64.6 Å². The van der Waals surface area contributed by atoms with Crippen LogP contribution in [0, 0.1) is 0 Å². The topological polar surface area (TPSA) is 89.9 Å². The Morgan fingerprint density at radius 2 is 1.86 bits per heavy atom. The number of imidazole rings is 1. The first-order valence-corrected chi connectivity index (χ1v) is 9.80. The Kier molecular flexibility index (Phi) is 4.50. The molecule has 150 valence electrons. The highest BCUT2D eigenvalue weighted by molar-refractivity contribution is 7.91. The van der Waals surface area contributed by atoms with E-state index in [-0.39, 0.29) is 14.8 Å². The highest BCUT2D eigenvalue weighted by atomic mass is 35.5. The predicted octanol–water partition coefficient (Wildman–Crippen LogP) is 4.13. The van der Waals surface area contributed by atoms with Crippen molar-refractivity contribution in [2.75, 3.05) is 0 Å². The van der Waals surface area contributed by atoms with Gasteiger partial charge in [0, 0.05) is 12.4 Å². The molecule has 0 fully saturated rings. The van der Waals surface area contributed by atoms with Crippen LogP contribution in [0.1, 0.15) is 0 Å². The van der Waals surface area contributed by atoms with Crippen molar-refractivity contribution in [3.05, 3.63) is 59.9 Å². The maximum absolute atomic E-state index is 12.9. The number of nitrogens with zero attached hydrogens (tertiary/aromatic N) is 3. The van der Waals surface area contributed by atoms with E-state index in [1.807, 2.05) is 0 Å². The molecule has 7 nitrogen and oxygen atoms in total. The second kappa shape index (κ2) is 6.78. The number of aromatic amines is 1. The van der Waals surface area contributed by atoms with E-state index >= 15 is 0 Å². The third-order valence-electron chi connectivity index (χ3n) is 3.90. The van der Waals surface area contributed by atoms with Crippen LogP contribution in [0.4, 0.5) is 13.2 Å². The van der Waals surface area contributed by atoms with Gasteiger partial charge in [0.25, 0.3) is 0 Å². The summed E-state index contributed by atoms with van der Waals surface area (Å²) in [6.45, 7) is 0.